The van der Waals surface area contributed by atoms with Crippen molar-refractivity contribution in [1.29, 1.82) is 0 Å². The molecule has 0 bridgehead atoms. The van der Waals surface area contributed by atoms with Gasteiger partial charge in [0, 0.05) is 50.9 Å². The lowest BCUT2D eigenvalue weighted by atomic mass is 10.2. The lowest BCUT2D eigenvalue weighted by Gasteiger charge is -2.20. The van der Waals surface area contributed by atoms with Gasteiger partial charge in [0.05, 0.1) is 5.69 Å². The van der Waals surface area contributed by atoms with E-state index in [1.54, 1.807) is 7.05 Å². The first-order chi connectivity index (χ1) is 11.9. The minimum atomic E-state index is 0. The average molecular weight is 476 g/mol. The fourth-order valence-corrected chi connectivity index (χ4v) is 3.17. The van der Waals surface area contributed by atoms with Gasteiger partial charge in [0.15, 0.2) is 5.96 Å². The predicted molar refractivity (Wildman–Crippen MR) is 116 cm³/mol. The monoisotopic (exact) mass is 476 g/mol. The summed E-state index contributed by atoms with van der Waals surface area (Å²) in [5, 5.41) is 11.3. The molecule has 0 spiro atoms. The maximum atomic E-state index is 12.1. The standard InChI is InChI=1S/C18H32N6O.HI/c1-13(2)17(25)23-10-7-16(12-23)21-18(19-5)20-8-6-9-24-15(4)11-14(3)22-24;/h11,13,16H,6-10,12H2,1-5H3,(H2,19,20,21);1H. The highest BCUT2D eigenvalue weighted by Gasteiger charge is 2.27. The SMILES string of the molecule is CN=C(NCCCn1nc(C)cc1C)NC1CCN(C(=O)C(C)C)C1.I. The number of nitrogens with one attached hydrogen (secondary N) is 2. The quantitative estimate of drug-likeness (QED) is 0.285. The lowest BCUT2D eigenvalue weighted by molar-refractivity contribution is -0.133. The first-order valence-electron chi connectivity index (χ1n) is 9.17. The largest absolute Gasteiger partial charge is 0.356 e. The summed E-state index contributed by atoms with van der Waals surface area (Å²) in [7, 11) is 1.78. The van der Waals surface area contributed by atoms with Crippen LogP contribution in [-0.4, -0.2) is 59.3 Å². The molecule has 1 atom stereocenters. The molecule has 2 rings (SSSR count). The molecule has 148 valence electrons. The third-order valence-corrected chi connectivity index (χ3v) is 4.50. The van der Waals surface area contributed by atoms with Crippen molar-refractivity contribution in [3.8, 4) is 0 Å². The van der Waals surface area contributed by atoms with Gasteiger partial charge in [-0.3, -0.25) is 14.5 Å². The molecule has 7 nitrogen and oxygen atoms in total. The Morgan fingerprint density at radius 1 is 1.42 bits per heavy atom. The summed E-state index contributed by atoms with van der Waals surface area (Å²) in [5.74, 6) is 1.10. The van der Waals surface area contributed by atoms with Crippen LogP contribution in [0.15, 0.2) is 11.1 Å². The number of hydrogen-bond acceptors (Lipinski definition) is 3. The summed E-state index contributed by atoms with van der Waals surface area (Å²) in [5.41, 5.74) is 2.26. The number of aryl methyl sites for hydroxylation is 3. The number of guanidine groups is 1. The summed E-state index contributed by atoms with van der Waals surface area (Å²) in [6.45, 7) is 11.3. The van der Waals surface area contributed by atoms with E-state index in [1.165, 1.54) is 5.69 Å². The Hall–Kier alpha value is -1.32. The van der Waals surface area contributed by atoms with Crippen LogP contribution in [0.1, 0.15) is 38.1 Å². The minimum absolute atomic E-state index is 0. The van der Waals surface area contributed by atoms with Crippen LogP contribution in [0.2, 0.25) is 0 Å². The Kier molecular flexibility index (Phi) is 9.38. The number of amides is 1. The maximum absolute atomic E-state index is 12.1. The Morgan fingerprint density at radius 2 is 2.15 bits per heavy atom. The third kappa shape index (κ3) is 6.44. The summed E-state index contributed by atoms with van der Waals surface area (Å²) in [6, 6.07) is 2.36. The van der Waals surface area contributed by atoms with Crippen LogP contribution in [-0.2, 0) is 11.3 Å². The summed E-state index contributed by atoms with van der Waals surface area (Å²) in [6.07, 6.45) is 1.94. The maximum Gasteiger partial charge on any atom is 0.225 e. The van der Waals surface area contributed by atoms with Crippen molar-refractivity contribution in [2.75, 3.05) is 26.7 Å². The molecule has 0 aromatic carbocycles. The highest BCUT2D eigenvalue weighted by atomic mass is 127. The topological polar surface area (TPSA) is 74.6 Å². The van der Waals surface area contributed by atoms with Gasteiger partial charge < -0.3 is 15.5 Å². The predicted octanol–water partition coefficient (Wildman–Crippen LogP) is 1.93. The van der Waals surface area contributed by atoms with Crippen LogP contribution in [0.25, 0.3) is 0 Å². The third-order valence-electron chi connectivity index (χ3n) is 4.50. The summed E-state index contributed by atoms with van der Waals surface area (Å²) in [4.78, 5) is 18.3. The van der Waals surface area contributed by atoms with Gasteiger partial charge in [-0.1, -0.05) is 13.8 Å². The van der Waals surface area contributed by atoms with E-state index >= 15 is 0 Å². The number of halogens is 1. The number of carbonyl (C=O) groups excluding carboxylic acids is 1. The molecule has 1 aliphatic heterocycles. The number of aliphatic imine (C=N–C) groups is 1. The number of nitrogens with zero attached hydrogens (tertiary/aromatic N) is 4. The number of carbonyl (C=O) groups is 1. The van der Waals surface area contributed by atoms with Crippen molar-refractivity contribution >= 4 is 35.8 Å². The first-order valence-corrected chi connectivity index (χ1v) is 9.17. The molecular weight excluding hydrogens is 443 g/mol. The van der Waals surface area contributed by atoms with E-state index in [9.17, 15) is 4.79 Å². The van der Waals surface area contributed by atoms with E-state index in [0.29, 0.717) is 0 Å². The average Bonchev–Trinajstić information content (AvgIpc) is 3.15. The van der Waals surface area contributed by atoms with E-state index in [4.69, 9.17) is 0 Å². The lowest BCUT2D eigenvalue weighted by Crippen LogP contribution is -2.45. The van der Waals surface area contributed by atoms with Crippen molar-refractivity contribution in [1.82, 2.24) is 25.3 Å². The summed E-state index contributed by atoms with van der Waals surface area (Å²) < 4.78 is 2.04. The molecule has 0 saturated carbocycles. The van der Waals surface area contributed by atoms with Crippen LogP contribution in [0.3, 0.4) is 0 Å². The molecule has 0 radical (unpaired) electrons. The molecule has 1 saturated heterocycles. The number of aromatic nitrogens is 2. The van der Waals surface area contributed by atoms with Crippen molar-refractivity contribution in [2.24, 2.45) is 10.9 Å². The first kappa shape index (κ1) is 22.7. The van der Waals surface area contributed by atoms with Gasteiger partial charge in [-0.15, -0.1) is 24.0 Å². The molecule has 1 aromatic rings. The Morgan fingerprint density at radius 3 is 2.73 bits per heavy atom. The molecule has 2 N–H and O–H groups in total. The molecule has 1 amide bonds. The van der Waals surface area contributed by atoms with Gasteiger partial charge in [-0.25, -0.2) is 0 Å². The molecular formula is C18H33IN6O. The fourth-order valence-electron chi connectivity index (χ4n) is 3.17. The summed E-state index contributed by atoms with van der Waals surface area (Å²) >= 11 is 0. The Bertz CT molecular complexity index is 613. The van der Waals surface area contributed by atoms with Crippen LogP contribution < -0.4 is 10.6 Å². The van der Waals surface area contributed by atoms with E-state index in [1.807, 2.05) is 30.4 Å². The number of hydrogen-bond donors (Lipinski definition) is 2. The highest BCUT2D eigenvalue weighted by molar-refractivity contribution is 14.0. The Labute approximate surface area is 174 Å². The van der Waals surface area contributed by atoms with Gasteiger partial charge in [-0.05, 0) is 32.8 Å². The van der Waals surface area contributed by atoms with Crippen LogP contribution in [0.5, 0.6) is 0 Å². The Balaban J connectivity index is 0.00000338. The van der Waals surface area contributed by atoms with E-state index in [0.717, 1.165) is 50.7 Å². The normalized spacial score (nSPS) is 17.4. The second-order valence-electron chi connectivity index (χ2n) is 7.07. The van der Waals surface area contributed by atoms with E-state index in [2.05, 4.69) is 33.7 Å². The van der Waals surface area contributed by atoms with Gasteiger partial charge in [0.2, 0.25) is 5.91 Å². The fraction of sp³-hybridized carbons (Fsp3) is 0.722. The highest BCUT2D eigenvalue weighted by Crippen LogP contribution is 2.12. The van der Waals surface area contributed by atoms with Crippen LogP contribution >= 0.6 is 24.0 Å². The van der Waals surface area contributed by atoms with Gasteiger partial charge in [0.25, 0.3) is 0 Å². The zero-order valence-electron chi connectivity index (χ0n) is 16.6. The van der Waals surface area contributed by atoms with Crippen LogP contribution in [0.4, 0.5) is 0 Å². The molecule has 1 aliphatic rings. The van der Waals surface area contributed by atoms with Gasteiger partial charge in [-0.2, -0.15) is 5.10 Å². The van der Waals surface area contributed by atoms with Crippen molar-refractivity contribution in [3.05, 3.63) is 17.5 Å². The van der Waals surface area contributed by atoms with Crippen LogP contribution in [0, 0.1) is 19.8 Å². The van der Waals surface area contributed by atoms with Crippen molar-refractivity contribution in [2.45, 2.75) is 53.1 Å². The molecule has 8 heteroatoms. The van der Waals surface area contributed by atoms with Gasteiger partial charge in [0.1, 0.15) is 0 Å². The van der Waals surface area contributed by atoms with Gasteiger partial charge >= 0.3 is 0 Å². The van der Waals surface area contributed by atoms with Crippen molar-refractivity contribution in [3.63, 3.8) is 0 Å². The minimum Gasteiger partial charge on any atom is -0.356 e. The van der Waals surface area contributed by atoms with E-state index < -0.39 is 0 Å². The second kappa shape index (κ2) is 10.7. The zero-order valence-corrected chi connectivity index (χ0v) is 18.9. The zero-order chi connectivity index (χ0) is 18.4. The molecule has 1 unspecified atom stereocenters. The molecule has 26 heavy (non-hydrogen) atoms. The second-order valence-corrected chi connectivity index (χ2v) is 7.07. The number of likely N-dealkylation sites (tertiary alicyclic amines) is 1. The van der Waals surface area contributed by atoms with E-state index in [-0.39, 0.29) is 41.8 Å². The molecule has 0 aliphatic carbocycles. The number of rotatable bonds is 6. The smallest absolute Gasteiger partial charge is 0.225 e. The molecule has 1 aromatic heterocycles. The molecule has 2 heterocycles. The van der Waals surface area contributed by atoms with Crippen molar-refractivity contribution < 1.29 is 4.79 Å². The molecule has 1 fully saturated rings.